The Labute approximate surface area is 142 Å². The molecule has 0 amide bonds. The van der Waals surface area contributed by atoms with Gasteiger partial charge in [0.15, 0.2) is 0 Å². The first kappa shape index (κ1) is 17.9. The fourth-order valence-electron chi connectivity index (χ4n) is 2.23. The summed E-state index contributed by atoms with van der Waals surface area (Å²) in [5.74, 6) is 0.874. The molecule has 0 aliphatic rings. The molecule has 6 nitrogen and oxygen atoms in total. The van der Waals surface area contributed by atoms with Crippen molar-refractivity contribution in [3.05, 3.63) is 53.7 Å². The van der Waals surface area contributed by atoms with Crippen molar-refractivity contribution in [2.75, 3.05) is 18.0 Å². The standard InChI is InChI=1S/C17H20N4O2S/c1-3-21(4-2)17-10-7-15(12-19-17)13-20-24(22,23)16-8-5-14(11-18)6-9-16/h5-10,12,20H,3-4,13H2,1-2H3. The first-order valence-electron chi connectivity index (χ1n) is 7.70. The number of pyridine rings is 1. The van der Waals surface area contributed by atoms with Crippen molar-refractivity contribution in [1.82, 2.24) is 9.71 Å². The van der Waals surface area contributed by atoms with E-state index in [4.69, 9.17) is 5.26 Å². The zero-order valence-corrected chi connectivity index (χ0v) is 14.5. The van der Waals surface area contributed by atoms with E-state index in [1.807, 2.05) is 18.2 Å². The second kappa shape index (κ2) is 7.90. The molecule has 1 N–H and O–H groups in total. The summed E-state index contributed by atoms with van der Waals surface area (Å²) in [5.41, 5.74) is 1.20. The summed E-state index contributed by atoms with van der Waals surface area (Å²) in [4.78, 5) is 6.62. The van der Waals surface area contributed by atoms with E-state index in [9.17, 15) is 8.42 Å². The van der Waals surface area contributed by atoms with E-state index < -0.39 is 10.0 Å². The fraction of sp³-hybridized carbons (Fsp3) is 0.294. The third-order valence-electron chi connectivity index (χ3n) is 3.66. The zero-order valence-electron chi connectivity index (χ0n) is 13.7. The van der Waals surface area contributed by atoms with Crippen molar-refractivity contribution in [2.45, 2.75) is 25.3 Å². The van der Waals surface area contributed by atoms with Crippen LogP contribution in [0.2, 0.25) is 0 Å². The summed E-state index contributed by atoms with van der Waals surface area (Å²) >= 11 is 0. The molecular weight excluding hydrogens is 324 g/mol. The molecule has 2 aromatic rings. The molecular formula is C17H20N4O2S. The molecule has 0 aliphatic heterocycles. The van der Waals surface area contributed by atoms with E-state index >= 15 is 0 Å². The van der Waals surface area contributed by atoms with Gasteiger partial charge in [-0.25, -0.2) is 18.1 Å². The maximum atomic E-state index is 12.3. The van der Waals surface area contributed by atoms with E-state index in [1.165, 1.54) is 24.3 Å². The topological polar surface area (TPSA) is 86.1 Å². The van der Waals surface area contributed by atoms with Crippen LogP contribution in [0.3, 0.4) is 0 Å². The van der Waals surface area contributed by atoms with E-state index in [0.717, 1.165) is 24.5 Å². The maximum absolute atomic E-state index is 12.3. The Balaban J connectivity index is 2.05. The van der Waals surface area contributed by atoms with Crippen molar-refractivity contribution < 1.29 is 8.42 Å². The fourth-order valence-corrected chi connectivity index (χ4v) is 3.24. The number of aromatic nitrogens is 1. The van der Waals surface area contributed by atoms with Crippen molar-refractivity contribution >= 4 is 15.8 Å². The number of hydrogen-bond acceptors (Lipinski definition) is 5. The van der Waals surface area contributed by atoms with Crippen molar-refractivity contribution in [1.29, 1.82) is 5.26 Å². The first-order valence-corrected chi connectivity index (χ1v) is 9.18. The van der Waals surface area contributed by atoms with Crippen LogP contribution >= 0.6 is 0 Å². The molecule has 126 valence electrons. The summed E-state index contributed by atoms with van der Waals surface area (Å²) in [7, 11) is -3.62. The number of anilines is 1. The molecule has 0 fully saturated rings. The number of hydrogen-bond donors (Lipinski definition) is 1. The molecule has 1 heterocycles. The van der Waals surface area contributed by atoms with Crippen LogP contribution in [0.4, 0.5) is 5.82 Å². The second-order valence-electron chi connectivity index (χ2n) is 5.16. The van der Waals surface area contributed by atoms with E-state index in [2.05, 4.69) is 28.5 Å². The lowest BCUT2D eigenvalue weighted by Crippen LogP contribution is -2.24. The smallest absolute Gasteiger partial charge is 0.240 e. The first-order chi connectivity index (χ1) is 11.5. The number of benzene rings is 1. The molecule has 0 radical (unpaired) electrons. The summed E-state index contributed by atoms with van der Waals surface area (Å²) in [6.07, 6.45) is 1.68. The molecule has 0 saturated heterocycles. The van der Waals surface area contributed by atoms with Crippen LogP contribution < -0.4 is 9.62 Å². The third kappa shape index (κ3) is 4.31. The minimum absolute atomic E-state index is 0.134. The monoisotopic (exact) mass is 344 g/mol. The highest BCUT2D eigenvalue weighted by atomic mass is 32.2. The number of sulfonamides is 1. The van der Waals surface area contributed by atoms with Gasteiger partial charge in [0.25, 0.3) is 0 Å². The molecule has 1 aromatic heterocycles. The lowest BCUT2D eigenvalue weighted by atomic mass is 10.2. The molecule has 2 rings (SSSR count). The second-order valence-corrected chi connectivity index (χ2v) is 6.92. The van der Waals surface area contributed by atoms with Crippen LogP contribution in [0.25, 0.3) is 0 Å². The van der Waals surface area contributed by atoms with Gasteiger partial charge in [-0.3, -0.25) is 0 Å². The summed E-state index contributed by atoms with van der Waals surface area (Å²) in [6.45, 7) is 6.02. The molecule has 1 aromatic carbocycles. The highest BCUT2D eigenvalue weighted by Crippen LogP contribution is 2.13. The van der Waals surface area contributed by atoms with Gasteiger partial charge in [-0.05, 0) is 49.7 Å². The van der Waals surface area contributed by atoms with Crippen molar-refractivity contribution in [2.24, 2.45) is 0 Å². The van der Waals surface area contributed by atoms with Gasteiger partial charge in [0, 0.05) is 25.8 Å². The van der Waals surface area contributed by atoms with Gasteiger partial charge in [-0.2, -0.15) is 5.26 Å². The van der Waals surface area contributed by atoms with Crippen molar-refractivity contribution in [3.63, 3.8) is 0 Å². The largest absolute Gasteiger partial charge is 0.357 e. The van der Waals surface area contributed by atoms with E-state index in [1.54, 1.807) is 6.20 Å². The van der Waals surface area contributed by atoms with Gasteiger partial charge in [-0.1, -0.05) is 6.07 Å². The Morgan fingerprint density at radius 3 is 2.29 bits per heavy atom. The average molecular weight is 344 g/mol. The van der Waals surface area contributed by atoms with Crippen LogP contribution in [0.1, 0.15) is 25.0 Å². The SMILES string of the molecule is CCN(CC)c1ccc(CNS(=O)(=O)c2ccc(C#N)cc2)cn1. The van der Waals surface area contributed by atoms with Gasteiger partial charge in [0.1, 0.15) is 5.82 Å². The Bertz CT molecular complexity index is 805. The normalized spacial score (nSPS) is 11.0. The minimum Gasteiger partial charge on any atom is -0.357 e. The minimum atomic E-state index is -3.62. The van der Waals surface area contributed by atoms with Gasteiger partial charge >= 0.3 is 0 Å². The Morgan fingerprint density at radius 2 is 1.79 bits per heavy atom. The predicted octanol–water partition coefficient (Wildman–Crippen LogP) is 2.28. The zero-order chi connectivity index (χ0) is 17.6. The Kier molecular flexibility index (Phi) is 5.90. The highest BCUT2D eigenvalue weighted by molar-refractivity contribution is 7.89. The Hall–Kier alpha value is -2.43. The lowest BCUT2D eigenvalue weighted by Gasteiger charge is -2.19. The molecule has 0 saturated carbocycles. The highest BCUT2D eigenvalue weighted by Gasteiger charge is 2.13. The number of nitrogens with zero attached hydrogens (tertiary/aromatic N) is 3. The van der Waals surface area contributed by atoms with Crippen LogP contribution in [0.5, 0.6) is 0 Å². The van der Waals surface area contributed by atoms with Gasteiger partial charge in [0.05, 0.1) is 16.5 Å². The summed E-state index contributed by atoms with van der Waals surface area (Å²) in [6, 6.07) is 11.5. The van der Waals surface area contributed by atoms with Crippen LogP contribution in [-0.4, -0.2) is 26.5 Å². The average Bonchev–Trinajstić information content (AvgIpc) is 2.62. The lowest BCUT2D eigenvalue weighted by molar-refractivity contribution is 0.581. The van der Waals surface area contributed by atoms with E-state index in [0.29, 0.717) is 5.56 Å². The van der Waals surface area contributed by atoms with Crippen LogP contribution in [0.15, 0.2) is 47.5 Å². The molecule has 24 heavy (non-hydrogen) atoms. The van der Waals surface area contributed by atoms with Crippen LogP contribution in [0, 0.1) is 11.3 Å². The van der Waals surface area contributed by atoms with E-state index in [-0.39, 0.29) is 11.4 Å². The third-order valence-corrected chi connectivity index (χ3v) is 5.07. The molecule has 0 atom stereocenters. The maximum Gasteiger partial charge on any atom is 0.240 e. The molecule has 0 spiro atoms. The van der Waals surface area contributed by atoms with Crippen molar-refractivity contribution in [3.8, 4) is 6.07 Å². The summed E-state index contributed by atoms with van der Waals surface area (Å²) < 4.78 is 27.0. The molecule has 7 heteroatoms. The predicted molar refractivity (Wildman–Crippen MR) is 93.0 cm³/mol. The number of nitrogens with one attached hydrogen (secondary N) is 1. The quantitative estimate of drug-likeness (QED) is 0.833. The molecule has 0 aliphatic carbocycles. The summed E-state index contributed by atoms with van der Waals surface area (Å²) in [5, 5.41) is 8.75. The molecule has 0 bridgehead atoms. The van der Waals surface area contributed by atoms with Crippen LogP contribution in [-0.2, 0) is 16.6 Å². The van der Waals surface area contributed by atoms with Gasteiger partial charge in [-0.15, -0.1) is 0 Å². The molecule has 0 unspecified atom stereocenters. The Morgan fingerprint density at radius 1 is 1.12 bits per heavy atom. The number of nitriles is 1. The van der Waals surface area contributed by atoms with Gasteiger partial charge < -0.3 is 4.90 Å². The number of rotatable bonds is 7. The van der Waals surface area contributed by atoms with Gasteiger partial charge in [0.2, 0.25) is 10.0 Å².